The lowest BCUT2D eigenvalue weighted by Gasteiger charge is -2.19. The summed E-state index contributed by atoms with van der Waals surface area (Å²) in [4.78, 5) is 61.7. The number of imide groups is 1. The summed E-state index contributed by atoms with van der Waals surface area (Å²) >= 11 is 0. The van der Waals surface area contributed by atoms with Gasteiger partial charge in [-0.25, -0.2) is 4.79 Å². The first-order valence-electron chi connectivity index (χ1n) is 10.8. The van der Waals surface area contributed by atoms with Crippen molar-refractivity contribution in [2.24, 2.45) is 23.7 Å². The van der Waals surface area contributed by atoms with Gasteiger partial charge in [0, 0.05) is 17.7 Å². The van der Waals surface area contributed by atoms with Gasteiger partial charge in [-0.15, -0.1) is 0 Å². The number of ether oxygens (including phenoxy) is 1. The van der Waals surface area contributed by atoms with E-state index in [1.165, 1.54) is 53.4 Å². The van der Waals surface area contributed by atoms with E-state index in [-0.39, 0.29) is 40.5 Å². The van der Waals surface area contributed by atoms with Crippen molar-refractivity contribution < 1.29 is 28.8 Å². The molecule has 9 nitrogen and oxygen atoms in total. The molecule has 1 aliphatic heterocycles. The lowest BCUT2D eigenvalue weighted by molar-refractivity contribution is -0.384. The highest BCUT2D eigenvalue weighted by Crippen LogP contribution is 2.56. The second-order valence-corrected chi connectivity index (χ2v) is 8.75. The van der Waals surface area contributed by atoms with Crippen LogP contribution >= 0.6 is 0 Å². The Morgan fingerprint density at radius 3 is 2.00 bits per heavy atom. The van der Waals surface area contributed by atoms with Crippen LogP contribution in [0, 0.1) is 33.8 Å². The zero-order valence-electron chi connectivity index (χ0n) is 17.5. The zero-order chi connectivity index (χ0) is 23.3. The number of ketones is 1. The SMILES string of the molecule is O=C(COC(=O)c1ccc(N2C(=O)[C@@H]3[C@@H]4CC[C@@H](C4)[C@@H]3C2=O)cc1)c1ccc([N+](=O)[O-])cc1. The minimum absolute atomic E-state index is 0.144. The van der Waals surface area contributed by atoms with Crippen molar-refractivity contribution >= 4 is 34.9 Å². The topological polar surface area (TPSA) is 124 Å². The molecule has 2 amide bonds. The number of amides is 2. The van der Waals surface area contributed by atoms with Gasteiger partial charge < -0.3 is 4.74 Å². The van der Waals surface area contributed by atoms with Gasteiger partial charge in [-0.05, 0) is 67.5 Å². The molecule has 0 spiro atoms. The Kier molecular flexibility index (Phi) is 5.03. The number of carbonyl (C=O) groups excluding carboxylic acids is 4. The van der Waals surface area contributed by atoms with E-state index in [2.05, 4.69) is 0 Å². The molecule has 0 N–H and O–H groups in total. The van der Waals surface area contributed by atoms with Crippen LogP contribution in [0.2, 0.25) is 0 Å². The van der Waals surface area contributed by atoms with E-state index in [0.717, 1.165) is 19.3 Å². The molecule has 0 unspecified atom stereocenters. The van der Waals surface area contributed by atoms with E-state index in [4.69, 9.17) is 4.74 Å². The van der Waals surface area contributed by atoms with Crippen LogP contribution in [0.5, 0.6) is 0 Å². The molecule has 2 aliphatic carbocycles. The molecule has 2 aromatic rings. The Labute approximate surface area is 188 Å². The van der Waals surface area contributed by atoms with E-state index in [1.807, 2.05) is 0 Å². The number of nitrogens with zero attached hydrogens (tertiary/aromatic N) is 2. The maximum Gasteiger partial charge on any atom is 0.338 e. The fraction of sp³-hybridized carbons (Fsp3) is 0.333. The van der Waals surface area contributed by atoms with Gasteiger partial charge in [0.2, 0.25) is 11.8 Å². The van der Waals surface area contributed by atoms with Gasteiger partial charge in [0.1, 0.15) is 0 Å². The average Bonchev–Trinajstić information content (AvgIpc) is 3.51. The predicted molar refractivity (Wildman–Crippen MR) is 114 cm³/mol. The zero-order valence-corrected chi connectivity index (χ0v) is 17.5. The lowest BCUT2D eigenvalue weighted by atomic mass is 9.81. The summed E-state index contributed by atoms with van der Waals surface area (Å²) in [5.41, 5.74) is 0.649. The van der Waals surface area contributed by atoms with Crippen LogP contribution in [0.4, 0.5) is 11.4 Å². The molecular formula is C24H20N2O7. The van der Waals surface area contributed by atoms with Crippen molar-refractivity contribution in [3.63, 3.8) is 0 Å². The number of non-ortho nitro benzene ring substituents is 1. The molecule has 9 heteroatoms. The summed E-state index contributed by atoms with van der Waals surface area (Å²) in [7, 11) is 0. The van der Waals surface area contributed by atoms with Crippen LogP contribution in [0.1, 0.15) is 40.0 Å². The van der Waals surface area contributed by atoms with Crippen LogP contribution in [-0.2, 0) is 14.3 Å². The third-order valence-corrected chi connectivity index (χ3v) is 7.02. The Bertz CT molecular complexity index is 1140. The first-order valence-corrected chi connectivity index (χ1v) is 10.8. The smallest absolute Gasteiger partial charge is 0.338 e. The number of carbonyl (C=O) groups is 4. The molecule has 3 fully saturated rings. The molecule has 3 aliphatic rings. The van der Waals surface area contributed by atoms with E-state index < -0.39 is 23.3 Å². The summed E-state index contributed by atoms with van der Waals surface area (Å²) in [5.74, 6) is -1.37. The lowest BCUT2D eigenvalue weighted by Crippen LogP contribution is -2.32. The highest BCUT2D eigenvalue weighted by molar-refractivity contribution is 6.22. The molecule has 2 saturated carbocycles. The number of nitro groups is 1. The van der Waals surface area contributed by atoms with Gasteiger partial charge in [-0.3, -0.25) is 29.4 Å². The Morgan fingerprint density at radius 2 is 1.45 bits per heavy atom. The van der Waals surface area contributed by atoms with E-state index in [9.17, 15) is 29.3 Å². The first kappa shape index (κ1) is 21.0. The van der Waals surface area contributed by atoms with E-state index in [1.54, 1.807) is 0 Å². The highest BCUT2D eigenvalue weighted by atomic mass is 16.6. The number of Topliss-reactive ketones (excluding diaryl/α,β-unsaturated/α-hetero) is 1. The van der Waals surface area contributed by atoms with Crippen molar-refractivity contribution in [3.05, 3.63) is 69.8 Å². The van der Waals surface area contributed by atoms with Gasteiger partial charge in [0.25, 0.3) is 5.69 Å². The minimum Gasteiger partial charge on any atom is -0.454 e. The minimum atomic E-state index is -0.731. The number of hydrogen-bond donors (Lipinski definition) is 0. The summed E-state index contributed by atoms with van der Waals surface area (Å²) < 4.78 is 5.06. The van der Waals surface area contributed by atoms with Crippen molar-refractivity contribution in [1.29, 1.82) is 0 Å². The molecule has 2 aromatic carbocycles. The van der Waals surface area contributed by atoms with E-state index in [0.29, 0.717) is 17.5 Å². The molecule has 0 aromatic heterocycles. The van der Waals surface area contributed by atoms with Crippen LogP contribution in [0.25, 0.3) is 0 Å². The number of hydrogen-bond acceptors (Lipinski definition) is 7. The standard InChI is InChI=1S/C24H20N2O7/c27-19(13-3-9-18(10-4-13)26(31)32)12-33-24(30)14-5-7-17(8-6-14)25-22(28)20-15-1-2-16(11-15)21(20)23(25)29/h3-10,15-16,20-21H,1-2,11-12H2/t15-,16+,20-,21+. The molecule has 1 saturated heterocycles. The molecular weight excluding hydrogens is 428 g/mol. The largest absolute Gasteiger partial charge is 0.454 e. The molecule has 168 valence electrons. The maximum absolute atomic E-state index is 12.9. The third-order valence-electron chi connectivity index (χ3n) is 7.02. The Hall–Kier alpha value is -3.88. The molecule has 33 heavy (non-hydrogen) atoms. The number of rotatable bonds is 6. The number of fused-ring (bicyclic) bond motifs is 5. The molecule has 5 rings (SSSR count). The van der Waals surface area contributed by atoms with Crippen LogP contribution in [0.15, 0.2) is 48.5 Å². The van der Waals surface area contributed by atoms with E-state index >= 15 is 0 Å². The van der Waals surface area contributed by atoms with Crippen LogP contribution < -0.4 is 4.90 Å². The number of benzene rings is 2. The number of esters is 1. The Morgan fingerprint density at radius 1 is 0.909 bits per heavy atom. The quantitative estimate of drug-likeness (QED) is 0.219. The summed E-state index contributed by atoms with van der Waals surface area (Å²) in [6, 6.07) is 11.0. The molecule has 1 heterocycles. The molecule has 2 bridgehead atoms. The fourth-order valence-electron chi connectivity index (χ4n) is 5.48. The first-order chi connectivity index (χ1) is 15.8. The average molecular weight is 448 g/mol. The van der Waals surface area contributed by atoms with Crippen molar-refractivity contribution in [2.45, 2.75) is 19.3 Å². The third kappa shape index (κ3) is 3.49. The van der Waals surface area contributed by atoms with Crippen molar-refractivity contribution in [3.8, 4) is 0 Å². The van der Waals surface area contributed by atoms with Crippen LogP contribution in [0.3, 0.4) is 0 Å². The second kappa shape index (κ2) is 7.91. The maximum atomic E-state index is 12.9. The summed E-state index contributed by atoms with van der Waals surface area (Å²) in [6.07, 6.45) is 2.97. The Balaban J connectivity index is 1.22. The molecule has 4 atom stereocenters. The number of anilines is 1. The van der Waals surface area contributed by atoms with Gasteiger partial charge in [0.15, 0.2) is 12.4 Å². The highest BCUT2D eigenvalue weighted by Gasteiger charge is 2.61. The van der Waals surface area contributed by atoms with Gasteiger partial charge in [0.05, 0.1) is 28.0 Å². The van der Waals surface area contributed by atoms with Crippen LogP contribution in [-0.4, -0.2) is 35.1 Å². The fourth-order valence-corrected chi connectivity index (χ4v) is 5.48. The van der Waals surface area contributed by atoms with Gasteiger partial charge in [-0.1, -0.05) is 0 Å². The summed E-state index contributed by atoms with van der Waals surface area (Å²) in [6.45, 7) is -0.520. The van der Waals surface area contributed by atoms with Crippen molar-refractivity contribution in [1.82, 2.24) is 0 Å². The predicted octanol–water partition coefficient (Wildman–Crippen LogP) is 3.17. The number of nitro benzene ring substituents is 1. The second-order valence-electron chi connectivity index (χ2n) is 8.75. The molecule has 0 radical (unpaired) electrons. The van der Waals surface area contributed by atoms with Gasteiger partial charge in [-0.2, -0.15) is 0 Å². The summed E-state index contributed by atoms with van der Waals surface area (Å²) in [5, 5.41) is 10.7. The monoisotopic (exact) mass is 448 g/mol. The van der Waals surface area contributed by atoms with Gasteiger partial charge >= 0.3 is 5.97 Å². The van der Waals surface area contributed by atoms with Crippen molar-refractivity contribution in [2.75, 3.05) is 11.5 Å². The normalized spacial score (nSPS) is 25.3.